The maximum atomic E-state index is 12.1. The van der Waals surface area contributed by atoms with Crippen LogP contribution in [0.3, 0.4) is 0 Å². The van der Waals surface area contributed by atoms with Gasteiger partial charge in [-0.1, -0.05) is 24.3 Å². The van der Waals surface area contributed by atoms with Crippen molar-refractivity contribution in [2.45, 2.75) is 45.8 Å². The molecular formula is C30H33NO8. The van der Waals surface area contributed by atoms with E-state index in [2.05, 4.69) is 5.32 Å². The summed E-state index contributed by atoms with van der Waals surface area (Å²) in [6.45, 7) is 4.26. The van der Waals surface area contributed by atoms with Crippen LogP contribution in [-0.4, -0.2) is 47.3 Å². The molecule has 0 saturated heterocycles. The van der Waals surface area contributed by atoms with Crippen LogP contribution >= 0.6 is 0 Å². The fraction of sp³-hybridized carbons (Fsp3) is 0.300. The van der Waals surface area contributed by atoms with Crippen LogP contribution in [0.2, 0.25) is 0 Å². The van der Waals surface area contributed by atoms with Gasteiger partial charge in [-0.3, -0.25) is 9.59 Å². The van der Waals surface area contributed by atoms with Crippen molar-refractivity contribution in [3.8, 4) is 17.2 Å². The van der Waals surface area contributed by atoms with Crippen LogP contribution in [0.15, 0.2) is 66.7 Å². The normalized spacial score (nSPS) is 10.6. The summed E-state index contributed by atoms with van der Waals surface area (Å²) in [6.07, 6.45) is 1.38. The van der Waals surface area contributed by atoms with Crippen molar-refractivity contribution in [2.75, 3.05) is 13.2 Å². The molecule has 1 amide bonds. The van der Waals surface area contributed by atoms with Gasteiger partial charge in [0.15, 0.2) is 0 Å². The number of benzene rings is 3. The molecule has 0 heterocycles. The first kappa shape index (κ1) is 29.0. The summed E-state index contributed by atoms with van der Waals surface area (Å²) in [5, 5.41) is 20.3. The first-order chi connectivity index (χ1) is 18.7. The Morgan fingerprint density at radius 2 is 1.51 bits per heavy atom. The Labute approximate surface area is 227 Å². The Morgan fingerprint density at radius 3 is 2.15 bits per heavy atom. The molecule has 3 aromatic carbocycles. The van der Waals surface area contributed by atoms with E-state index in [1.807, 2.05) is 62.4 Å². The third-order valence-electron chi connectivity index (χ3n) is 5.59. The van der Waals surface area contributed by atoms with Gasteiger partial charge < -0.3 is 29.7 Å². The zero-order chi connectivity index (χ0) is 28.2. The van der Waals surface area contributed by atoms with Gasteiger partial charge in [-0.05, 0) is 80.3 Å². The minimum absolute atomic E-state index is 0.0165. The van der Waals surface area contributed by atoms with Gasteiger partial charge in [-0.2, -0.15) is 0 Å². The van der Waals surface area contributed by atoms with Gasteiger partial charge in [-0.25, -0.2) is 4.79 Å². The largest absolute Gasteiger partial charge is 0.493 e. The van der Waals surface area contributed by atoms with E-state index < -0.39 is 24.4 Å². The maximum absolute atomic E-state index is 12.1. The highest BCUT2D eigenvalue weighted by molar-refractivity contribution is 5.89. The van der Waals surface area contributed by atoms with E-state index in [1.165, 1.54) is 18.2 Å². The molecule has 3 aromatic rings. The number of rotatable bonds is 15. The number of carbonyl (C=O) groups excluding carboxylic acids is 1. The average Bonchev–Trinajstić information content (AvgIpc) is 2.90. The van der Waals surface area contributed by atoms with Gasteiger partial charge in [0.2, 0.25) is 5.91 Å². The van der Waals surface area contributed by atoms with E-state index in [1.54, 1.807) is 0 Å². The van der Waals surface area contributed by atoms with Crippen molar-refractivity contribution in [3.05, 3.63) is 89.0 Å². The summed E-state index contributed by atoms with van der Waals surface area (Å²) in [7, 11) is 0. The number of aromatic carboxylic acids is 1. The molecule has 0 unspecified atom stereocenters. The van der Waals surface area contributed by atoms with Crippen LogP contribution in [0.5, 0.6) is 17.2 Å². The van der Waals surface area contributed by atoms with Crippen molar-refractivity contribution in [2.24, 2.45) is 0 Å². The lowest BCUT2D eigenvalue weighted by molar-refractivity contribution is -0.137. The van der Waals surface area contributed by atoms with Crippen molar-refractivity contribution in [1.29, 1.82) is 0 Å². The lowest BCUT2D eigenvalue weighted by atomic mass is 10.1. The first-order valence-electron chi connectivity index (χ1n) is 12.6. The number of nitrogens with one attached hydrogen (secondary N) is 1. The Balaban J connectivity index is 1.47. The summed E-state index contributed by atoms with van der Waals surface area (Å²) < 4.78 is 17.4. The molecule has 0 atom stereocenters. The number of carbonyl (C=O) groups is 3. The topological polar surface area (TPSA) is 131 Å². The second-order valence-corrected chi connectivity index (χ2v) is 9.17. The van der Waals surface area contributed by atoms with E-state index in [-0.39, 0.29) is 18.1 Å². The molecule has 206 valence electrons. The summed E-state index contributed by atoms with van der Waals surface area (Å²) in [5.74, 6) is -0.850. The summed E-state index contributed by atoms with van der Waals surface area (Å²) >= 11 is 0. The fourth-order valence-corrected chi connectivity index (χ4v) is 3.71. The maximum Gasteiger partial charge on any atom is 0.335 e. The third-order valence-corrected chi connectivity index (χ3v) is 5.59. The second kappa shape index (κ2) is 14.4. The first-order valence-corrected chi connectivity index (χ1v) is 12.6. The van der Waals surface area contributed by atoms with Crippen LogP contribution < -0.4 is 19.5 Å². The molecular weight excluding hydrogens is 502 g/mol. The molecule has 0 aliphatic heterocycles. The molecule has 9 heteroatoms. The van der Waals surface area contributed by atoms with E-state index in [4.69, 9.17) is 19.3 Å². The van der Waals surface area contributed by atoms with Crippen molar-refractivity contribution in [1.82, 2.24) is 5.32 Å². The van der Waals surface area contributed by atoms with E-state index in [9.17, 15) is 19.5 Å². The Kier molecular flexibility index (Phi) is 10.7. The zero-order valence-corrected chi connectivity index (χ0v) is 22.0. The molecule has 0 spiro atoms. The molecule has 0 aliphatic carbocycles. The zero-order valence-electron chi connectivity index (χ0n) is 22.0. The third kappa shape index (κ3) is 10.0. The standard InChI is InChI=1S/C30H33NO8/c1-20(2)39-26-12-7-22(8-13-26)19-38-25-10-5-21(6-11-25)4-3-15-37-27-14-9-23(30(35)36)16-24(27)17-28(32)31-18-29(33)34/h5-14,16,20H,3-4,15,17-19H2,1-2H3,(H,31,32)(H,33,34)(H,35,36). The quantitative estimate of drug-likeness (QED) is 0.242. The summed E-state index contributed by atoms with van der Waals surface area (Å²) in [4.78, 5) is 34.1. The van der Waals surface area contributed by atoms with Crippen molar-refractivity contribution < 1.29 is 38.8 Å². The van der Waals surface area contributed by atoms with Gasteiger partial charge in [-0.15, -0.1) is 0 Å². The van der Waals surface area contributed by atoms with Gasteiger partial charge in [0.05, 0.1) is 24.7 Å². The van der Waals surface area contributed by atoms with Crippen molar-refractivity contribution in [3.63, 3.8) is 0 Å². The Hall–Kier alpha value is -4.53. The predicted molar refractivity (Wildman–Crippen MR) is 145 cm³/mol. The average molecular weight is 536 g/mol. The van der Waals surface area contributed by atoms with Crippen LogP contribution in [0, 0.1) is 0 Å². The number of carboxylic acids is 2. The van der Waals surface area contributed by atoms with Crippen LogP contribution in [0.25, 0.3) is 0 Å². The second-order valence-electron chi connectivity index (χ2n) is 9.17. The van der Waals surface area contributed by atoms with Gasteiger partial charge in [0.1, 0.15) is 30.4 Å². The van der Waals surface area contributed by atoms with Gasteiger partial charge in [0, 0.05) is 5.56 Å². The molecule has 0 bridgehead atoms. The monoisotopic (exact) mass is 535 g/mol. The highest BCUT2D eigenvalue weighted by atomic mass is 16.5. The number of aliphatic carboxylic acids is 1. The van der Waals surface area contributed by atoms with Gasteiger partial charge >= 0.3 is 11.9 Å². The Morgan fingerprint density at radius 1 is 0.846 bits per heavy atom. The number of ether oxygens (including phenoxy) is 3. The number of carboxylic acid groups (broad SMARTS) is 2. The highest BCUT2D eigenvalue weighted by Gasteiger charge is 2.14. The van der Waals surface area contributed by atoms with E-state index in [0.717, 1.165) is 29.0 Å². The predicted octanol–water partition coefficient (Wildman–Crippen LogP) is 4.51. The minimum atomic E-state index is -1.17. The molecule has 39 heavy (non-hydrogen) atoms. The SMILES string of the molecule is CC(C)Oc1ccc(COc2ccc(CCCOc3ccc(C(=O)O)cc3CC(=O)NCC(=O)O)cc2)cc1. The minimum Gasteiger partial charge on any atom is -0.493 e. The summed E-state index contributed by atoms with van der Waals surface area (Å²) in [6, 6.07) is 19.9. The Bertz CT molecular complexity index is 1250. The van der Waals surface area contributed by atoms with Crippen LogP contribution in [-0.2, 0) is 29.0 Å². The molecule has 9 nitrogen and oxygen atoms in total. The lowest BCUT2D eigenvalue weighted by Crippen LogP contribution is -2.30. The van der Waals surface area contributed by atoms with Crippen LogP contribution in [0.4, 0.5) is 0 Å². The molecule has 3 N–H and O–H groups in total. The summed E-state index contributed by atoms with van der Waals surface area (Å²) in [5.41, 5.74) is 2.54. The smallest absolute Gasteiger partial charge is 0.335 e. The number of hydrogen-bond donors (Lipinski definition) is 3. The lowest BCUT2D eigenvalue weighted by Gasteiger charge is -2.13. The molecule has 0 aromatic heterocycles. The molecule has 0 aliphatic rings. The molecule has 0 radical (unpaired) electrons. The molecule has 3 rings (SSSR count). The fourth-order valence-electron chi connectivity index (χ4n) is 3.71. The van der Waals surface area contributed by atoms with E-state index in [0.29, 0.717) is 30.9 Å². The number of aryl methyl sites for hydroxylation is 1. The molecule has 0 saturated carbocycles. The van der Waals surface area contributed by atoms with Crippen molar-refractivity contribution >= 4 is 17.8 Å². The van der Waals surface area contributed by atoms with Crippen LogP contribution in [0.1, 0.15) is 47.3 Å². The van der Waals surface area contributed by atoms with Gasteiger partial charge in [0.25, 0.3) is 0 Å². The molecule has 0 fully saturated rings. The van der Waals surface area contributed by atoms with E-state index >= 15 is 0 Å². The highest BCUT2D eigenvalue weighted by Crippen LogP contribution is 2.22. The number of amides is 1. The number of hydrogen-bond acceptors (Lipinski definition) is 6.